The summed E-state index contributed by atoms with van der Waals surface area (Å²) in [7, 11) is 0. The van der Waals surface area contributed by atoms with E-state index in [1.807, 2.05) is 20.8 Å². The van der Waals surface area contributed by atoms with Crippen molar-refractivity contribution in [3.63, 3.8) is 0 Å². The molecule has 0 saturated heterocycles. The van der Waals surface area contributed by atoms with Gasteiger partial charge in [-0.2, -0.15) is 0 Å². The zero-order chi connectivity index (χ0) is 17.8. The van der Waals surface area contributed by atoms with Gasteiger partial charge in [0.15, 0.2) is 0 Å². The Morgan fingerprint density at radius 3 is 2.13 bits per heavy atom. The first-order valence-corrected chi connectivity index (χ1v) is 8.37. The molecule has 0 heterocycles. The third-order valence-corrected chi connectivity index (χ3v) is 3.33. The third-order valence-electron chi connectivity index (χ3n) is 3.33. The second-order valence-electron chi connectivity index (χ2n) is 6.12. The maximum Gasteiger partial charge on any atom is 0.243 e. The Morgan fingerprint density at radius 2 is 1.65 bits per heavy atom. The van der Waals surface area contributed by atoms with Crippen LogP contribution in [0.2, 0.25) is 0 Å². The van der Waals surface area contributed by atoms with Gasteiger partial charge in [-0.15, -0.1) is 0 Å². The summed E-state index contributed by atoms with van der Waals surface area (Å²) < 4.78 is 0. The number of nitrogens with one attached hydrogen (secondary N) is 3. The van der Waals surface area contributed by atoms with Crippen LogP contribution in [0, 0.1) is 5.92 Å². The second kappa shape index (κ2) is 11.9. The molecule has 0 saturated carbocycles. The molecule has 0 spiro atoms. The molecule has 7 heteroatoms. The molecule has 7 nitrogen and oxygen atoms in total. The Labute approximate surface area is 139 Å². The number of amides is 3. The summed E-state index contributed by atoms with van der Waals surface area (Å²) in [6.45, 7) is 8.22. The first-order valence-electron chi connectivity index (χ1n) is 8.37. The third kappa shape index (κ3) is 9.89. The van der Waals surface area contributed by atoms with Crippen molar-refractivity contribution in [2.75, 3.05) is 13.1 Å². The number of nitrogens with two attached hydrogens (primary N) is 1. The standard InChI is InChI=1S/C16H32N4O3/c1-5-18-15(22)13(8-6-7-9-17)20-16(23)14(10-11(2)3)19-12(4)21/h11,13-14H,5-10,17H2,1-4H3,(H,18,22)(H,19,21)(H,20,23)/t13-,14-/m0/s1. The molecule has 0 aliphatic carbocycles. The monoisotopic (exact) mass is 328 g/mol. The Morgan fingerprint density at radius 1 is 1.00 bits per heavy atom. The predicted octanol–water partition coefficient (Wildman–Crippen LogP) is 0.287. The molecule has 0 aromatic rings. The number of likely N-dealkylation sites (N-methyl/N-ethyl adjacent to an activating group) is 1. The van der Waals surface area contributed by atoms with Gasteiger partial charge < -0.3 is 21.7 Å². The van der Waals surface area contributed by atoms with Crippen LogP contribution in [0.15, 0.2) is 0 Å². The van der Waals surface area contributed by atoms with Crippen molar-refractivity contribution in [1.82, 2.24) is 16.0 Å². The maximum atomic E-state index is 12.4. The SMILES string of the molecule is CCNC(=O)[C@H](CCCCN)NC(=O)[C@H](CC(C)C)NC(C)=O. The molecule has 134 valence electrons. The van der Waals surface area contributed by atoms with Crippen molar-refractivity contribution in [2.45, 2.75) is 65.5 Å². The maximum absolute atomic E-state index is 12.4. The Hall–Kier alpha value is -1.63. The summed E-state index contributed by atoms with van der Waals surface area (Å²) in [6.07, 6.45) is 2.61. The van der Waals surface area contributed by atoms with E-state index in [4.69, 9.17) is 5.73 Å². The number of rotatable bonds is 11. The Balaban J connectivity index is 4.84. The van der Waals surface area contributed by atoms with Crippen molar-refractivity contribution < 1.29 is 14.4 Å². The second-order valence-corrected chi connectivity index (χ2v) is 6.12. The highest BCUT2D eigenvalue weighted by Gasteiger charge is 2.26. The van der Waals surface area contributed by atoms with E-state index in [0.29, 0.717) is 25.9 Å². The normalized spacial score (nSPS) is 13.3. The van der Waals surface area contributed by atoms with Gasteiger partial charge in [0.2, 0.25) is 17.7 Å². The smallest absolute Gasteiger partial charge is 0.243 e. The fourth-order valence-electron chi connectivity index (χ4n) is 2.28. The zero-order valence-electron chi connectivity index (χ0n) is 14.8. The minimum atomic E-state index is -0.626. The van der Waals surface area contributed by atoms with Crippen LogP contribution in [-0.4, -0.2) is 42.9 Å². The molecule has 0 aliphatic heterocycles. The largest absolute Gasteiger partial charge is 0.355 e. The fraction of sp³-hybridized carbons (Fsp3) is 0.812. The average molecular weight is 328 g/mol. The van der Waals surface area contributed by atoms with Gasteiger partial charge >= 0.3 is 0 Å². The summed E-state index contributed by atoms with van der Waals surface area (Å²) in [6, 6.07) is -1.23. The molecule has 0 aromatic heterocycles. The van der Waals surface area contributed by atoms with Crippen LogP contribution in [0.4, 0.5) is 0 Å². The molecule has 0 bridgehead atoms. The van der Waals surface area contributed by atoms with Gasteiger partial charge in [0, 0.05) is 13.5 Å². The zero-order valence-corrected chi connectivity index (χ0v) is 14.8. The molecule has 0 aromatic carbocycles. The number of hydrogen-bond acceptors (Lipinski definition) is 4. The average Bonchev–Trinajstić information content (AvgIpc) is 2.44. The van der Waals surface area contributed by atoms with Crippen LogP contribution in [0.25, 0.3) is 0 Å². The summed E-state index contributed by atoms with van der Waals surface area (Å²) in [5, 5.41) is 8.14. The summed E-state index contributed by atoms with van der Waals surface area (Å²) in [4.78, 5) is 35.8. The van der Waals surface area contributed by atoms with Crippen molar-refractivity contribution in [1.29, 1.82) is 0 Å². The number of hydrogen-bond donors (Lipinski definition) is 4. The molecule has 0 aliphatic rings. The van der Waals surface area contributed by atoms with Crippen LogP contribution in [0.1, 0.15) is 53.4 Å². The van der Waals surface area contributed by atoms with Gasteiger partial charge in [-0.1, -0.05) is 13.8 Å². The molecule has 3 amide bonds. The van der Waals surface area contributed by atoms with Crippen molar-refractivity contribution in [3.05, 3.63) is 0 Å². The molecular formula is C16H32N4O3. The lowest BCUT2D eigenvalue weighted by Crippen LogP contribution is -2.53. The molecule has 0 fully saturated rings. The number of unbranched alkanes of at least 4 members (excludes halogenated alkanes) is 1. The van der Waals surface area contributed by atoms with Gasteiger partial charge in [-0.05, 0) is 45.1 Å². The van der Waals surface area contributed by atoms with Crippen LogP contribution in [-0.2, 0) is 14.4 Å². The summed E-state index contributed by atoms with van der Waals surface area (Å²) in [5.74, 6) is -0.539. The van der Waals surface area contributed by atoms with E-state index < -0.39 is 12.1 Å². The quantitative estimate of drug-likeness (QED) is 0.408. The van der Waals surface area contributed by atoms with E-state index in [9.17, 15) is 14.4 Å². The Bertz CT molecular complexity index is 386. The lowest BCUT2D eigenvalue weighted by Gasteiger charge is -2.23. The topological polar surface area (TPSA) is 113 Å². The van der Waals surface area contributed by atoms with Crippen LogP contribution >= 0.6 is 0 Å². The van der Waals surface area contributed by atoms with Gasteiger partial charge in [0.05, 0.1) is 0 Å². The van der Waals surface area contributed by atoms with Crippen molar-refractivity contribution >= 4 is 17.7 Å². The van der Waals surface area contributed by atoms with Crippen LogP contribution in [0.5, 0.6) is 0 Å². The van der Waals surface area contributed by atoms with Gasteiger partial charge in [0.25, 0.3) is 0 Å². The van der Waals surface area contributed by atoms with E-state index in [1.54, 1.807) is 0 Å². The minimum absolute atomic E-state index is 0.205. The summed E-state index contributed by atoms with van der Waals surface area (Å²) in [5.41, 5.74) is 5.47. The highest BCUT2D eigenvalue weighted by Crippen LogP contribution is 2.07. The van der Waals surface area contributed by atoms with E-state index in [-0.39, 0.29) is 23.6 Å². The molecule has 23 heavy (non-hydrogen) atoms. The van der Waals surface area contributed by atoms with Crippen LogP contribution in [0.3, 0.4) is 0 Å². The van der Waals surface area contributed by atoms with Gasteiger partial charge in [-0.25, -0.2) is 0 Å². The molecule has 0 radical (unpaired) electrons. The fourth-order valence-corrected chi connectivity index (χ4v) is 2.28. The first-order chi connectivity index (χ1) is 10.8. The number of carbonyl (C=O) groups excluding carboxylic acids is 3. The Kier molecular flexibility index (Phi) is 11.0. The highest BCUT2D eigenvalue weighted by molar-refractivity contribution is 5.91. The van der Waals surface area contributed by atoms with E-state index in [2.05, 4.69) is 16.0 Å². The highest BCUT2D eigenvalue weighted by atomic mass is 16.2. The van der Waals surface area contributed by atoms with Crippen LogP contribution < -0.4 is 21.7 Å². The van der Waals surface area contributed by atoms with E-state index in [0.717, 1.165) is 12.8 Å². The van der Waals surface area contributed by atoms with Crippen molar-refractivity contribution in [3.8, 4) is 0 Å². The lowest BCUT2D eigenvalue weighted by molar-refractivity contribution is -0.132. The van der Waals surface area contributed by atoms with E-state index >= 15 is 0 Å². The lowest BCUT2D eigenvalue weighted by atomic mass is 10.0. The molecular weight excluding hydrogens is 296 g/mol. The van der Waals surface area contributed by atoms with Gasteiger partial charge in [-0.3, -0.25) is 14.4 Å². The predicted molar refractivity (Wildman–Crippen MR) is 90.6 cm³/mol. The molecule has 5 N–H and O–H groups in total. The molecule has 0 rings (SSSR count). The molecule has 2 atom stereocenters. The van der Waals surface area contributed by atoms with Crippen molar-refractivity contribution in [2.24, 2.45) is 11.7 Å². The minimum Gasteiger partial charge on any atom is -0.355 e. The number of carbonyl (C=O) groups is 3. The first kappa shape index (κ1) is 21.4. The summed E-state index contributed by atoms with van der Waals surface area (Å²) >= 11 is 0. The van der Waals surface area contributed by atoms with E-state index in [1.165, 1.54) is 6.92 Å². The molecule has 0 unspecified atom stereocenters. The van der Waals surface area contributed by atoms with Gasteiger partial charge in [0.1, 0.15) is 12.1 Å².